The van der Waals surface area contributed by atoms with Gasteiger partial charge in [-0.3, -0.25) is 9.13 Å². The molecule has 2 aromatic heterocycles. The van der Waals surface area contributed by atoms with Gasteiger partial charge in [-0.05, 0) is 30.0 Å². The minimum atomic E-state index is -4.69. The Morgan fingerprint density at radius 3 is 2.65 bits per heavy atom. The Morgan fingerprint density at radius 2 is 1.94 bits per heavy atom. The predicted molar refractivity (Wildman–Crippen MR) is 125 cm³/mol. The topological polar surface area (TPSA) is 160 Å². The quantitative estimate of drug-likeness (QED) is 0.275. The summed E-state index contributed by atoms with van der Waals surface area (Å²) < 4.78 is 35.2. The summed E-state index contributed by atoms with van der Waals surface area (Å²) in [5.41, 5.74) is 1.58. The fourth-order valence-corrected chi connectivity index (χ4v) is 6.53. The summed E-state index contributed by atoms with van der Waals surface area (Å²) in [4.78, 5) is 38.1. The maximum Gasteiger partial charge on any atom is 0.340 e. The lowest BCUT2D eigenvalue weighted by molar-refractivity contribution is -0.0230. The van der Waals surface area contributed by atoms with Gasteiger partial charge >= 0.3 is 15.2 Å². The third-order valence-electron chi connectivity index (χ3n) is 5.21. The van der Waals surface area contributed by atoms with Gasteiger partial charge in [-0.2, -0.15) is 15.1 Å². The van der Waals surface area contributed by atoms with E-state index in [-0.39, 0.29) is 11.9 Å². The molecule has 3 aromatic rings. The van der Waals surface area contributed by atoms with Gasteiger partial charge in [0.2, 0.25) is 5.28 Å². The van der Waals surface area contributed by atoms with Crippen molar-refractivity contribution in [2.75, 3.05) is 24.5 Å². The van der Waals surface area contributed by atoms with E-state index < -0.39 is 33.4 Å². The Balaban J connectivity index is 1.48. The van der Waals surface area contributed by atoms with Crippen molar-refractivity contribution in [2.45, 2.75) is 31.7 Å². The number of nitrogens with zero attached hydrogens (tertiary/aromatic N) is 5. The largest absolute Gasteiger partial charge is 0.355 e. The Bertz CT molecular complexity index is 1250. The maximum absolute atomic E-state index is 11.9. The van der Waals surface area contributed by atoms with Crippen LogP contribution in [0.3, 0.4) is 0 Å². The van der Waals surface area contributed by atoms with Crippen LogP contribution in [0.25, 0.3) is 11.0 Å². The van der Waals surface area contributed by atoms with Gasteiger partial charge in [0.1, 0.15) is 5.82 Å². The number of halogens is 1. The molecule has 0 spiro atoms. The molecule has 3 atom stereocenters. The van der Waals surface area contributed by atoms with Gasteiger partial charge in [-0.15, -0.1) is 0 Å². The highest BCUT2D eigenvalue weighted by Gasteiger charge is 2.35. The molecule has 12 nitrogen and oxygen atoms in total. The molecule has 0 aliphatic carbocycles. The average Bonchev–Trinajstić information content (AvgIpc) is 3.37. The van der Waals surface area contributed by atoms with Crippen LogP contribution < -0.4 is 4.90 Å². The standard InChI is InChI=1S/C19H24ClN5O7P2/c1-24(10-13-5-3-2-4-6-13)17-15-9-21-25(18(15)23-19(20)22-17)16-8-7-14(32-16)11-31-34(29,30)12-33(26,27)28/h2-6,9,14,16H,7-8,10-12H2,1H3,(H,29,30)(H2,26,27,28)/t14-,16+/m0/s1. The van der Waals surface area contributed by atoms with E-state index >= 15 is 0 Å². The van der Waals surface area contributed by atoms with Crippen LogP contribution in [0.5, 0.6) is 0 Å². The average molecular weight is 532 g/mol. The van der Waals surface area contributed by atoms with Crippen LogP contribution in [0.1, 0.15) is 24.6 Å². The number of fused-ring (bicyclic) bond motifs is 1. The molecule has 1 fully saturated rings. The number of ether oxygens (including phenoxy) is 1. The van der Waals surface area contributed by atoms with Crippen molar-refractivity contribution in [3.05, 3.63) is 47.4 Å². The summed E-state index contributed by atoms with van der Waals surface area (Å²) in [6.45, 7) is 0.313. The number of hydrogen-bond donors (Lipinski definition) is 3. The van der Waals surface area contributed by atoms with Crippen molar-refractivity contribution in [2.24, 2.45) is 0 Å². The Labute approximate surface area is 200 Å². The van der Waals surface area contributed by atoms with E-state index in [1.165, 1.54) is 0 Å². The summed E-state index contributed by atoms with van der Waals surface area (Å²) >= 11 is 6.21. The summed E-state index contributed by atoms with van der Waals surface area (Å²) in [7, 11) is -7.24. The van der Waals surface area contributed by atoms with Crippen molar-refractivity contribution in [1.82, 2.24) is 19.7 Å². The van der Waals surface area contributed by atoms with Crippen molar-refractivity contribution < 1.29 is 33.1 Å². The number of rotatable bonds is 9. The first kappa shape index (κ1) is 25.2. The lowest BCUT2D eigenvalue weighted by Crippen LogP contribution is -2.19. The zero-order chi connectivity index (χ0) is 24.5. The van der Waals surface area contributed by atoms with Crippen LogP contribution in [-0.2, 0) is 24.9 Å². The Morgan fingerprint density at radius 1 is 1.21 bits per heavy atom. The lowest BCUT2D eigenvalue weighted by atomic mass is 10.2. The normalized spacial score (nSPS) is 20.5. The van der Waals surface area contributed by atoms with Crippen LogP contribution in [0.15, 0.2) is 36.5 Å². The minimum absolute atomic E-state index is 0.0562. The number of aromatic nitrogens is 4. The predicted octanol–water partition coefficient (Wildman–Crippen LogP) is 3.13. The van der Waals surface area contributed by atoms with Crippen LogP contribution in [0, 0.1) is 0 Å². The summed E-state index contributed by atoms with van der Waals surface area (Å²) in [6.07, 6.45) is 1.57. The third kappa shape index (κ3) is 6.21. The van der Waals surface area contributed by atoms with E-state index in [1.807, 2.05) is 42.3 Å². The molecule has 15 heteroatoms. The van der Waals surface area contributed by atoms with E-state index in [4.69, 9.17) is 30.6 Å². The van der Waals surface area contributed by atoms with Crippen LogP contribution in [0.4, 0.5) is 5.82 Å². The number of benzene rings is 1. The van der Waals surface area contributed by atoms with Crippen LogP contribution >= 0.6 is 26.8 Å². The molecule has 1 aliphatic rings. The molecule has 4 rings (SSSR count). The van der Waals surface area contributed by atoms with E-state index in [2.05, 4.69) is 15.1 Å². The first-order valence-electron chi connectivity index (χ1n) is 10.3. The fourth-order valence-electron chi connectivity index (χ4n) is 3.78. The highest BCUT2D eigenvalue weighted by Crippen LogP contribution is 2.55. The van der Waals surface area contributed by atoms with Crippen molar-refractivity contribution in [3.8, 4) is 0 Å². The third-order valence-corrected chi connectivity index (χ3v) is 8.84. The Kier molecular flexibility index (Phi) is 7.42. The molecule has 0 amide bonds. The molecule has 1 unspecified atom stereocenters. The van der Waals surface area contributed by atoms with Gasteiger partial charge in [0.15, 0.2) is 17.8 Å². The zero-order valence-corrected chi connectivity index (χ0v) is 20.7. The highest BCUT2D eigenvalue weighted by molar-refractivity contribution is 7.70. The lowest BCUT2D eigenvalue weighted by Gasteiger charge is -2.20. The van der Waals surface area contributed by atoms with Gasteiger partial charge in [0.25, 0.3) is 0 Å². The first-order chi connectivity index (χ1) is 16.0. The van der Waals surface area contributed by atoms with Crippen molar-refractivity contribution in [1.29, 1.82) is 0 Å². The van der Waals surface area contributed by atoms with Crippen LogP contribution in [-0.4, -0.2) is 60.1 Å². The summed E-state index contributed by atoms with van der Waals surface area (Å²) in [5.74, 6) is -0.629. The van der Waals surface area contributed by atoms with Gasteiger partial charge in [-0.25, -0.2) is 4.68 Å². The van der Waals surface area contributed by atoms with Gasteiger partial charge in [0, 0.05) is 13.6 Å². The Hall–Kier alpha value is -1.88. The van der Waals surface area contributed by atoms with Crippen molar-refractivity contribution >= 4 is 43.6 Å². The summed E-state index contributed by atoms with van der Waals surface area (Å²) in [5, 5.41) is 5.16. The second-order valence-electron chi connectivity index (χ2n) is 8.01. The molecule has 34 heavy (non-hydrogen) atoms. The molecule has 1 aromatic carbocycles. The molecular weight excluding hydrogens is 508 g/mol. The van der Waals surface area contributed by atoms with Gasteiger partial charge in [0.05, 0.1) is 24.3 Å². The molecule has 3 heterocycles. The number of hydrogen-bond acceptors (Lipinski definition) is 8. The van der Waals surface area contributed by atoms with E-state index in [1.54, 1.807) is 10.9 Å². The SMILES string of the molecule is CN(Cc1ccccc1)c1nc(Cl)nc2c1cnn2[C@H]1CC[C@@H](COP(=O)(O)CP(=O)(O)O)O1. The molecule has 3 N–H and O–H groups in total. The van der Waals surface area contributed by atoms with E-state index in [9.17, 15) is 14.0 Å². The monoisotopic (exact) mass is 531 g/mol. The van der Waals surface area contributed by atoms with Gasteiger partial charge < -0.3 is 28.8 Å². The molecular formula is C19H24ClN5O7P2. The number of anilines is 1. The second kappa shape index (κ2) is 10.0. The zero-order valence-electron chi connectivity index (χ0n) is 18.1. The van der Waals surface area contributed by atoms with Gasteiger partial charge in [-0.1, -0.05) is 30.3 Å². The maximum atomic E-state index is 11.9. The molecule has 184 valence electrons. The van der Waals surface area contributed by atoms with E-state index in [0.29, 0.717) is 36.2 Å². The first-order valence-corrected chi connectivity index (χ1v) is 14.3. The molecule has 0 bridgehead atoms. The molecule has 0 saturated carbocycles. The molecule has 1 aliphatic heterocycles. The van der Waals surface area contributed by atoms with Crippen molar-refractivity contribution in [3.63, 3.8) is 0 Å². The van der Waals surface area contributed by atoms with E-state index in [0.717, 1.165) is 5.56 Å². The summed E-state index contributed by atoms with van der Waals surface area (Å²) in [6, 6.07) is 9.90. The fraction of sp³-hybridized carbons (Fsp3) is 0.421. The minimum Gasteiger partial charge on any atom is -0.355 e. The molecule has 1 saturated heterocycles. The second-order valence-corrected chi connectivity index (χ2v) is 12.3. The molecule has 0 radical (unpaired) electrons. The van der Waals surface area contributed by atoms with Crippen LogP contribution in [0.2, 0.25) is 5.28 Å². The smallest absolute Gasteiger partial charge is 0.340 e. The highest BCUT2D eigenvalue weighted by atomic mass is 35.5.